The zero-order valence-corrected chi connectivity index (χ0v) is 19.0. The van der Waals surface area contributed by atoms with Crippen LogP contribution in [0.4, 0.5) is 8.78 Å². The van der Waals surface area contributed by atoms with E-state index >= 15 is 0 Å². The summed E-state index contributed by atoms with van der Waals surface area (Å²) in [5.74, 6) is -0.328. The van der Waals surface area contributed by atoms with Crippen molar-refractivity contribution in [3.8, 4) is 17.2 Å². The number of hydrogen-bond donors (Lipinski definition) is 1. The van der Waals surface area contributed by atoms with Crippen LogP contribution < -0.4 is 19.7 Å². The maximum Gasteiger partial charge on any atom is 0.586 e. The fraction of sp³-hybridized carbons (Fsp3) is 0.148. The van der Waals surface area contributed by atoms with Crippen molar-refractivity contribution in [1.82, 2.24) is 0 Å². The number of ether oxygens (including phenoxy) is 3. The van der Waals surface area contributed by atoms with Crippen LogP contribution in [0.15, 0.2) is 67.3 Å². The molecule has 0 fully saturated rings. The number of halogens is 2. The molecule has 0 aliphatic carbocycles. The molecule has 2 aliphatic rings. The van der Waals surface area contributed by atoms with Crippen molar-refractivity contribution in [1.29, 1.82) is 0 Å². The molecule has 1 radical (unpaired) electrons. The number of allylic oxidation sites excluding steroid dienone is 2. The van der Waals surface area contributed by atoms with Gasteiger partial charge in [-0.15, -0.1) is 8.78 Å². The molecule has 0 spiro atoms. The molecule has 0 aromatic heterocycles. The van der Waals surface area contributed by atoms with Crippen LogP contribution in [-0.4, -0.2) is 24.6 Å². The van der Waals surface area contributed by atoms with E-state index in [0.717, 1.165) is 16.7 Å². The predicted octanol–water partition coefficient (Wildman–Crippen LogP) is 5.55. The lowest BCUT2D eigenvalue weighted by Gasteiger charge is -2.26. The summed E-state index contributed by atoms with van der Waals surface area (Å²) in [6.45, 7) is 8.09. The third-order valence-electron chi connectivity index (χ3n) is 5.92. The summed E-state index contributed by atoms with van der Waals surface area (Å²) < 4.78 is 42.3. The maximum absolute atomic E-state index is 13.5. The van der Waals surface area contributed by atoms with Crippen LogP contribution in [0.2, 0.25) is 0 Å². The number of aromatic carboxylic acids is 1. The lowest BCUT2D eigenvalue weighted by Crippen LogP contribution is -2.27. The van der Waals surface area contributed by atoms with Gasteiger partial charge in [0.1, 0.15) is 11.5 Å². The number of hydrogen-bond acceptors (Lipinski definition) is 4. The molecule has 8 heteroatoms. The van der Waals surface area contributed by atoms with Crippen molar-refractivity contribution in [3.63, 3.8) is 0 Å². The molecule has 35 heavy (non-hydrogen) atoms. The van der Waals surface area contributed by atoms with Gasteiger partial charge in [0.05, 0.1) is 5.56 Å². The first kappa shape index (κ1) is 22.7. The summed E-state index contributed by atoms with van der Waals surface area (Å²) in [5.41, 5.74) is 4.69. The molecule has 5 rings (SSSR count). The molecule has 0 saturated heterocycles. The molecule has 3 aromatic carbocycles. The van der Waals surface area contributed by atoms with Gasteiger partial charge in [0.15, 0.2) is 18.8 Å². The highest BCUT2D eigenvalue weighted by molar-refractivity contribution is 6.56. The molecule has 3 aromatic rings. The van der Waals surface area contributed by atoms with Gasteiger partial charge < -0.3 is 19.3 Å². The van der Waals surface area contributed by atoms with Gasteiger partial charge in [-0.25, -0.2) is 4.79 Å². The van der Waals surface area contributed by atoms with E-state index < -0.39 is 12.3 Å². The first-order valence-electron chi connectivity index (χ1n) is 10.9. The van der Waals surface area contributed by atoms with Gasteiger partial charge in [0.2, 0.25) is 0 Å². The Morgan fingerprint density at radius 3 is 2.60 bits per heavy atom. The minimum Gasteiger partial charge on any atom is -0.478 e. The van der Waals surface area contributed by atoms with Gasteiger partial charge in [-0.05, 0) is 65.8 Å². The summed E-state index contributed by atoms with van der Waals surface area (Å²) in [5, 5.41) is 9.55. The van der Waals surface area contributed by atoms with Crippen LogP contribution in [0.3, 0.4) is 0 Å². The molecule has 1 N–H and O–H groups in total. The molecule has 1 atom stereocenters. The Bertz CT molecular complexity index is 1410. The summed E-state index contributed by atoms with van der Waals surface area (Å²) in [6, 6.07) is 15.2. The van der Waals surface area contributed by atoms with E-state index in [1.165, 1.54) is 12.1 Å². The van der Waals surface area contributed by atoms with Crippen LogP contribution in [0.25, 0.3) is 11.3 Å². The van der Waals surface area contributed by atoms with E-state index in [1.54, 1.807) is 36.4 Å². The molecule has 175 valence electrons. The molecular weight excluding hydrogens is 453 g/mol. The summed E-state index contributed by atoms with van der Waals surface area (Å²) >= 11 is 0. The quantitative estimate of drug-likeness (QED) is 0.493. The zero-order valence-electron chi connectivity index (χ0n) is 19.0. The van der Waals surface area contributed by atoms with Crippen LogP contribution >= 0.6 is 0 Å². The Labute approximate surface area is 201 Å². The van der Waals surface area contributed by atoms with Crippen LogP contribution in [0, 0.1) is 6.92 Å². The monoisotopic (exact) mass is 473 g/mol. The first-order valence-corrected chi connectivity index (χ1v) is 10.9. The van der Waals surface area contributed by atoms with Crippen molar-refractivity contribution < 1.29 is 32.9 Å². The van der Waals surface area contributed by atoms with Gasteiger partial charge in [0, 0.05) is 11.1 Å². The van der Waals surface area contributed by atoms with Gasteiger partial charge in [-0.3, -0.25) is 0 Å². The number of rotatable bonds is 5. The average Bonchev–Trinajstić information content (AvgIpc) is 3.12. The number of aryl methyl sites for hydroxylation is 1. The molecule has 2 aliphatic heterocycles. The number of carboxylic acids is 1. The fourth-order valence-corrected chi connectivity index (χ4v) is 4.31. The van der Waals surface area contributed by atoms with Crippen molar-refractivity contribution in [3.05, 3.63) is 95.1 Å². The Morgan fingerprint density at radius 2 is 1.83 bits per heavy atom. The van der Waals surface area contributed by atoms with E-state index in [-0.39, 0.29) is 22.9 Å². The smallest absolute Gasteiger partial charge is 0.478 e. The summed E-state index contributed by atoms with van der Waals surface area (Å²) in [6.07, 6.45) is -1.96. The van der Waals surface area contributed by atoms with Crippen LogP contribution in [0.5, 0.6) is 17.2 Å². The molecule has 1 unspecified atom stereocenters. The Kier molecular flexibility index (Phi) is 5.39. The Balaban J connectivity index is 1.50. The van der Waals surface area contributed by atoms with Crippen molar-refractivity contribution in [2.45, 2.75) is 26.0 Å². The second-order valence-corrected chi connectivity index (χ2v) is 8.54. The van der Waals surface area contributed by atoms with Gasteiger partial charge in [-0.1, -0.05) is 43.2 Å². The largest absolute Gasteiger partial charge is 0.586 e. The lowest BCUT2D eigenvalue weighted by atomic mass is 9.56. The normalized spacial score (nSPS) is 16.1. The Hall–Kier alpha value is -4.07. The SMILES string of the molecule is C=C1C=C(c2ccc3c(c2)OC(F)(F)O3)Oc2c1cc(C)cc2C(C)[B]c1ccccc1C(=O)O. The van der Waals surface area contributed by atoms with E-state index in [4.69, 9.17) is 4.74 Å². The highest BCUT2D eigenvalue weighted by Crippen LogP contribution is 2.45. The van der Waals surface area contributed by atoms with E-state index in [9.17, 15) is 18.7 Å². The molecule has 0 bridgehead atoms. The van der Waals surface area contributed by atoms with E-state index in [1.807, 2.05) is 33.3 Å². The van der Waals surface area contributed by atoms with Gasteiger partial charge >= 0.3 is 12.3 Å². The number of fused-ring (bicyclic) bond motifs is 2. The van der Waals surface area contributed by atoms with Crippen LogP contribution in [-0.2, 0) is 0 Å². The van der Waals surface area contributed by atoms with Crippen molar-refractivity contribution >= 4 is 30.0 Å². The fourth-order valence-electron chi connectivity index (χ4n) is 4.31. The van der Waals surface area contributed by atoms with Gasteiger partial charge in [-0.2, -0.15) is 0 Å². The summed E-state index contributed by atoms with van der Waals surface area (Å²) in [4.78, 5) is 11.7. The van der Waals surface area contributed by atoms with E-state index in [0.29, 0.717) is 28.1 Å². The average molecular weight is 473 g/mol. The second kappa shape index (κ2) is 8.30. The molecule has 2 heterocycles. The zero-order chi connectivity index (χ0) is 24.9. The molecule has 0 amide bonds. The van der Waals surface area contributed by atoms with Crippen LogP contribution in [0.1, 0.15) is 45.4 Å². The maximum atomic E-state index is 13.5. The van der Waals surface area contributed by atoms with Gasteiger partial charge in [0.25, 0.3) is 0 Å². The third kappa shape index (κ3) is 4.27. The third-order valence-corrected chi connectivity index (χ3v) is 5.92. The summed E-state index contributed by atoms with van der Waals surface area (Å²) in [7, 11) is 1.88. The number of carboxylic acid groups (broad SMARTS) is 1. The topological polar surface area (TPSA) is 65.0 Å². The number of benzene rings is 3. The second-order valence-electron chi connectivity index (χ2n) is 8.54. The van der Waals surface area contributed by atoms with Crippen molar-refractivity contribution in [2.75, 3.05) is 0 Å². The number of alkyl halides is 2. The minimum absolute atomic E-state index is 0.0500. The lowest BCUT2D eigenvalue weighted by molar-refractivity contribution is -0.286. The molecule has 0 saturated carbocycles. The predicted molar refractivity (Wildman–Crippen MR) is 129 cm³/mol. The highest BCUT2D eigenvalue weighted by Gasteiger charge is 2.43. The highest BCUT2D eigenvalue weighted by atomic mass is 19.3. The van der Waals surface area contributed by atoms with Crippen molar-refractivity contribution in [2.24, 2.45) is 0 Å². The Morgan fingerprint density at radius 1 is 1.09 bits per heavy atom. The van der Waals surface area contributed by atoms with E-state index in [2.05, 4.69) is 16.1 Å². The minimum atomic E-state index is -3.71. The first-order chi connectivity index (χ1) is 16.6. The molecule has 5 nitrogen and oxygen atoms in total. The molecular formula is C27H20BF2O5. The standard InChI is InChI=1S/C27H20BF2O5/c1-14-10-19-15(2)12-23(17-8-9-22-24(13-17)35-27(29,30)34-22)33-25(19)20(11-14)16(3)28-21-7-5-4-6-18(21)26(31)32/h4-13,16H,2H2,1,3H3,(H,31,32). The number of carbonyl (C=O) groups is 1.